The lowest BCUT2D eigenvalue weighted by molar-refractivity contribution is 0.0935. The van der Waals surface area contributed by atoms with Crippen LogP contribution < -0.4 is 10.6 Å². The van der Waals surface area contributed by atoms with Gasteiger partial charge in [-0.25, -0.2) is 9.67 Å². The third-order valence-electron chi connectivity index (χ3n) is 5.02. The lowest BCUT2D eigenvalue weighted by atomic mass is 10.1. The van der Waals surface area contributed by atoms with Gasteiger partial charge in [-0.1, -0.05) is 35.5 Å². The number of piperidine rings is 1. The monoisotopic (exact) mass is 432 g/mol. The van der Waals surface area contributed by atoms with Crippen LogP contribution in [0.2, 0.25) is 0 Å². The van der Waals surface area contributed by atoms with Gasteiger partial charge in [0.2, 0.25) is 0 Å². The number of aryl methyl sites for hydroxylation is 1. The number of halogens is 1. The maximum atomic E-state index is 12.7. The van der Waals surface area contributed by atoms with Crippen LogP contribution in [0.1, 0.15) is 52.9 Å². The van der Waals surface area contributed by atoms with Gasteiger partial charge in [0.25, 0.3) is 5.91 Å². The molecule has 0 radical (unpaired) electrons. The average Bonchev–Trinajstić information content (AvgIpc) is 3.36. The van der Waals surface area contributed by atoms with Gasteiger partial charge in [-0.15, -0.1) is 28.8 Å². The van der Waals surface area contributed by atoms with E-state index in [0.29, 0.717) is 11.7 Å². The van der Waals surface area contributed by atoms with Gasteiger partial charge < -0.3 is 10.6 Å². The molecular weight excluding hydrogens is 408 g/mol. The Morgan fingerprint density at radius 1 is 1.28 bits per heavy atom. The Morgan fingerprint density at radius 3 is 2.72 bits per heavy atom. The standard InChI is InChI=1S/C20H24N6OS.ClH/c1-13(18-14(2)23-20(28-18)15-6-4-3-5-7-15)22-19(27)17-12-26(25-24-17)16-8-10-21-11-9-16;/h3-7,12-13,16,21H,8-11H2,1-2H3,(H,22,27);1H. The highest BCUT2D eigenvalue weighted by atomic mass is 35.5. The zero-order valence-electron chi connectivity index (χ0n) is 16.5. The Labute approximate surface area is 180 Å². The van der Waals surface area contributed by atoms with Crippen LogP contribution in [0.3, 0.4) is 0 Å². The number of nitrogens with one attached hydrogen (secondary N) is 2. The van der Waals surface area contributed by atoms with E-state index in [1.165, 1.54) is 0 Å². The van der Waals surface area contributed by atoms with Crippen molar-refractivity contribution in [3.05, 3.63) is 52.8 Å². The van der Waals surface area contributed by atoms with Crippen molar-refractivity contribution in [3.8, 4) is 10.6 Å². The molecule has 0 saturated carbocycles. The molecule has 1 atom stereocenters. The minimum absolute atomic E-state index is 0. The van der Waals surface area contributed by atoms with Crippen molar-refractivity contribution < 1.29 is 4.79 Å². The fourth-order valence-corrected chi connectivity index (χ4v) is 4.55. The molecule has 3 aromatic rings. The third kappa shape index (κ3) is 4.83. The molecule has 9 heteroatoms. The summed E-state index contributed by atoms with van der Waals surface area (Å²) in [7, 11) is 0. The lowest BCUT2D eigenvalue weighted by Gasteiger charge is -2.22. The number of rotatable bonds is 5. The quantitative estimate of drug-likeness (QED) is 0.644. The Kier molecular flexibility index (Phi) is 7.00. The van der Waals surface area contributed by atoms with Crippen LogP contribution in [0.25, 0.3) is 10.6 Å². The van der Waals surface area contributed by atoms with Gasteiger partial charge in [0, 0.05) is 5.56 Å². The number of amides is 1. The minimum atomic E-state index is -0.207. The second-order valence-corrected chi connectivity index (χ2v) is 8.13. The fourth-order valence-electron chi connectivity index (χ4n) is 3.48. The molecule has 1 fully saturated rings. The van der Waals surface area contributed by atoms with Gasteiger partial charge >= 0.3 is 0 Å². The first-order valence-electron chi connectivity index (χ1n) is 9.58. The summed E-state index contributed by atoms with van der Waals surface area (Å²) in [5, 5.41) is 15.6. The fraction of sp³-hybridized carbons (Fsp3) is 0.400. The molecule has 1 amide bonds. The molecule has 154 valence electrons. The zero-order valence-corrected chi connectivity index (χ0v) is 18.1. The predicted octanol–water partition coefficient (Wildman–Crippen LogP) is 3.55. The molecule has 29 heavy (non-hydrogen) atoms. The molecule has 0 bridgehead atoms. The molecule has 3 heterocycles. The molecule has 1 aromatic carbocycles. The Hall–Kier alpha value is -2.29. The molecule has 4 rings (SSSR count). The second-order valence-electron chi connectivity index (χ2n) is 7.09. The smallest absolute Gasteiger partial charge is 0.273 e. The topological polar surface area (TPSA) is 84.7 Å². The second kappa shape index (κ2) is 9.47. The number of thiazole rings is 1. The van der Waals surface area contributed by atoms with Crippen LogP contribution in [-0.4, -0.2) is 39.0 Å². The zero-order chi connectivity index (χ0) is 19.5. The first-order valence-corrected chi connectivity index (χ1v) is 10.4. The van der Waals surface area contributed by atoms with Gasteiger partial charge in [0.1, 0.15) is 5.01 Å². The van der Waals surface area contributed by atoms with Crippen LogP contribution in [0, 0.1) is 6.92 Å². The SMILES string of the molecule is Cc1nc(-c2ccccc2)sc1C(C)NC(=O)c1cn(C2CCNCC2)nn1.Cl. The van der Waals surface area contributed by atoms with Crippen molar-refractivity contribution in [3.63, 3.8) is 0 Å². The Bertz CT molecular complexity index is 951. The summed E-state index contributed by atoms with van der Waals surface area (Å²) in [6.45, 7) is 5.90. The van der Waals surface area contributed by atoms with Crippen LogP contribution in [0.4, 0.5) is 0 Å². The highest BCUT2D eigenvalue weighted by molar-refractivity contribution is 7.15. The maximum absolute atomic E-state index is 12.7. The summed E-state index contributed by atoms with van der Waals surface area (Å²) in [5.74, 6) is -0.207. The van der Waals surface area contributed by atoms with E-state index in [-0.39, 0.29) is 24.4 Å². The number of aromatic nitrogens is 4. The summed E-state index contributed by atoms with van der Waals surface area (Å²) in [6.07, 6.45) is 3.76. The van der Waals surface area contributed by atoms with Crippen molar-refractivity contribution in [2.24, 2.45) is 0 Å². The summed E-state index contributed by atoms with van der Waals surface area (Å²) < 4.78 is 1.83. The van der Waals surface area contributed by atoms with E-state index >= 15 is 0 Å². The predicted molar refractivity (Wildman–Crippen MR) is 117 cm³/mol. The first kappa shape index (κ1) is 21.4. The number of hydrogen-bond donors (Lipinski definition) is 2. The van der Waals surface area contributed by atoms with Crippen molar-refractivity contribution in [1.29, 1.82) is 0 Å². The minimum Gasteiger partial charge on any atom is -0.343 e. The van der Waals surface area contributed by atoms with E-state index < -0.39 is 0 Å². The molecule has 0 aliphatic carbocycles. The Balaban J connectivity index is 0.00000240. The molecule has 2 N–H and O–H groups in total. The normalized spacial score (nSPS) is 15.5. The highest BCUT2D eigenvalue weighted by Crippen LogP contribution is 2.31. The molecule has 1 aliphatic rings. The summed E-state index contributed by atoms with van der Waals surface area (Å²) in [4.78, 5) is 18.4. The number of carbonyl (C=O) groups is 1. The number of nitrogens with zero attached hydrogens (tertiary/aromatic N) is 4. The van der Waals surface area contributed by atoms with Gasteiger partial charge in [-0.05, 0) is 39.8 Å². The van der Waals surface area contributed by atoms with E-state index in [2.05, 4.69) is 25.9 Å². The summed E-state index contributed by atoms with van der Waals surface area (Å²) in [5.41, 5.74) is 2.39. The van der Waals surface area contributed by atoms with Crippen LogP contribution >= 0.6 is 23.7 Å². The van der Waals surface area contributed by atoms with Gasteiger partial charge in [-0.2, -0.15) is 0 Å². The molecular formula is C20H25ClN6OS. The van der Waals surface area contributed by atoms with Crippen molar-refractivity contribution >= 4 is 29.7 Å². The Morgan fingerprint density at radius 2 is 2.00 bits per heavy atom. The molecule has 7 nitrogen and oxygen atoms in total. The maximum Gasteiger partial charge on any atom is 0.273 e. The van der Waals surface area contributed by atoms with E-state index in [0.717, 1.165) is 47.1 Å². The average molecular weight is 433 g/mol. The summed E-state index contributed by atoms with van der Waals surface area (Å²) >= 11 is 1.61. The van der Waals surface area contributed by atoms with Crippen molar-refractivity contribution in [2.75, 3.05) is 13.1 Å². The summed E-state index contributed by atoms with van der Waals surface area (Å²) in [6, 6.07) is 10.3. The van der Waals surface area contributed by atoms with Gasteiger partial charge in [-0.3, -0.25) is 4.79 Å². The third-order valence-corrected chi connectivity index (χ3v) is 6.41. The van der Waals surface area contributed by atoms with E-state index in [1.54, 1.807) is 17.5 Å². The van der Waals surface area contributed by atoms with Crippen LogP contribution in [0.5, 0.6) is 0 Å². The molecule has 0 spiro atoms. The largest absolute Gasteiger partial charge is 0.343 e. The first-order chi connectivity index (χ1) is 13.6. The van der Waals surface area contributed by atoms with E-state index in [1.807, 2.05) is 48.9 Å². The lowest BCUT2D eigenvalue weighted by Crippen LogP contribution is -2.29. The van der Waals surface area contributed by atoms with Crippen molar-refractivity contribution in [2.45, 2.75) is 38.8 Å². The molecule has 1 aliphatic heterocycles. The number of hydrogen-bond acceptors (Lipinski definition) is 6. The van der Waals surface area contributed by atoms with Crippen LogP contribution in [0.15, 0.2) is 36.5 Å². The van der Waals surface area contributed by atoms with Gasteiger partial charge in [0.05, 0.1) is 28.9 Å². The number of benzene rings is 1. The van der Waals surface area contributed by atoms with Crippen LogP contribution in [-0.2, 0) is 0 Å². The number of carbonyl (C=O) groups excluding carboxylic acids is 1. The van der Waals surface area contributed by atoms with Crippen molar-refractivity contribution in [1.82, 2.24) is 30.6 Å². The molecule has 1 unspecified atom stereocenters. The van der Waals surface area contributed by atoms with E-state index in [9.17, 15) is 4.79 Å². The van der Waals surface area contributed by atoms with E-state index in [4.69, 9.17) is 0 Å². The molecule has 1 saturated heterocycles. The molecule has 2 aromatic heterocycles. The van der Waals surface area contributed by atoms with Gasteiger partial charge in [0.15, 0.2) is 5.69 Å². The highest BCUT2D eigenvalue weighted by Gasteiger charge is 2.21.